The van der Waals surface area contributed by atoms with Crippen LogP contribution in [0.15, 0.2) is 23.8 Å². The summed E-state index contributed by atoms with van der Waals surface area (Å²) in [5.41, 5.74) is -0.673. The molecular weight excluding hydrogens is 424 g/mol. The van der Waals surface area contributed by atoms with Crippen LogP contribution in [0.1, 0.15) is 93.4 Å². The molecule has 3 fully saturated rings. The SMILES string of the molecule is CC1(C)CC[C@]2(C(=O)O)CC[C@]3(C)C(C(=O)C=C4[C@]5(C)C(CC[C@]43C)C(C)(C)C=C[C@@H]5O)C2C1. The first kappa shape index (κ1) is 24.3. The van der Waals surface area contributed by atoms with Crippen molar-refractivity contribution in [2.45, 2.75) is 99.5 Å². The van der Waals surface area contributed by atoms with E-state index in [4.69, 9.17) is 0 Å². The molecule has 5 rings (SSSR count). The molecular formula is C30H44O4. The molecule has 0 aromatic rings. The zero-order chi connectivity index (χ0) is 25.1. The first-order valence-electron chi connectivity index (χ1n) is 13.4. The molecule has 0 heterocycles. The first-order chi connectivity index (χ1) is 15.6. The number of carboxylic acid groups (broad SMARTS) is 1. The molecule has 0 aromatic carbocycles. The molecule has 5 aliphatic rings. The Morgan fingerprint density at radius 3 is 2.26 bits per heavy atom. The molecule has 3 unspecified atom stereocenters. The van der Waals surface area contributed by atoms with Gasteiger partial charge in [0.05, 0.1) is 11.5 Å². The van der Waals surface area contributed by atoms with Gasteiger partial charge >= 0.3 is 5.97 Å². The van der Waals surface area contributed by atoms with Crippen molar-refractivity contribution >= 4 is 11.8 Å². The fraction of sp³-hybridized carbons (Fsp3) is 0.800. The van der Waals surface area contributed by atoms with Gasteiger partial charge in [0.25, 0.3) is 0 Å². The summed E-state index contributed by atoms with van der Waals surface area (Å²) >= 11 is 0. The van der Waals surface area contributed by atoms with Crippen molar-refractivity contribution in [3.05, 3.63) is 23.8 Å². The number of allylic oxidation sites excluding steroid dienone is 2. The molecule has 34 heavy (non-hydrogen) atoms. The molecule has 2 N–H and O–H groups in total. The highest BCUT2D eigenvalue weighted by atomic mass is 16.4. The smallest absolute Gasteiger partial charge is 0.309 e. The van der Waals surface area contributed by atoms with Gasteiger partial charge in [-0.25, -0.2) is 0 Å². The Kier molecular flexibility index (Phi) is 4.90. The van der Waals surface area contributed by atoms with Crippen LogP contribution >= 0.6 is 0 Å². The predicted octanol–water partition coefficient (Wildman–Crippen LogP) is 6.19. The molecule has 188 valence electrons. The number of ketones is 1. The van der Waals surface area contributed by atoms with E-state index in [0.29, 0.717) is 12.8 Å². The van der Waals surface area contributed by atoms with Gasteiger partial charge in [0.15, 0.2) is 5.78 Å². The maximum absolute atomic E-state index is 14.2. The van der Waals surface area contributed by atoms with E-state index < -0.39 is 22.9 Å². The third-order valence-corrected chi connectivity index (χ3v) is 12.2. The van der Waals surface area contributed by atoms with E-state index in [2.05, 4.69) is 54.5 Å². The normalized spacial score (nSPS) is 50.8. The van der Waals surface area contributed by atoms with Gasteiger partial charge in [-0.3, -0.25) is 9.59 Å². The van der Waals surface area contributed by atoms with Crippen LogP contribution in [0.4, 0.5) is 0 Å². The fourth-order valence-corrected chi connectivity index (χ4v) is 9.93. The van der Waals surface area contributed by atoms with E-state index in [1.165, 1.54) is 0 Å². The summed E-state index contributed by atoms with van der Waals surface area (Å²) in [4.78, 5) is 26.9. The molecule has 0 aromatic heterocycles. The van der Waals surface area contributed by atoms with Gasteiger partial charge in [0.1, 0.15) is 0 Å². The molecule has 4 heteroatoms. The van der Waals surface area contributed by atoms with E-state index in [0.717, 1.165) is 37.7 Å². The Morgan fingerprint density at radius 1 is 0.971 bits per heavy atom. The standard InChI is InChI=1S/C30H44O4/c1-25(2)12-14-30(24(33)34)15-13-28(6)23(18(30)17-25)19(31)16-21-27(28,5)11-8-20-26(3,4)10-9-22(32)29(20,21)7/h9-10,16,18,20,22-23,32H,8,11-15,17H2,1-7H3,(H,33,34)/t18?,20?,22-,23?,27+,28+,29-,30-/m0/s1. The fourth-order valence-electron chi connectivity index (χ4n) is 9.93. The zero-order valence-corrected chi connectivity index (χ0v) is 22.2. The molecule has 5 aliphatic carbocycles. The lowest BCUT2D eigenvalue weighted by Gasteiger charge is -2.69. The Hall–Kier alpha value is -1.42. The van der Waals surface area contributed by atoms with E-state index in [9.17, 15) is 19.8 Å². The second kappa shape index (κ2) is 6.87. The summed E-state index contributed by atoms with van der Waals surface area (Å²) in [7, 11) is 0. The zero-order valence-electron chi connectivity index (χ0n) is 22.2. The lowest BCUT2D eigenvalue weighted by Crippen LogP contribution is -2.66. The average Bonchev–Trinajstić information content (AvgIpc) is 2.72. The number of carbonyl (C=O) groups excluding carboxylic acids is 1. The lowest BCUT2D eigenvalue weighted by atomic mass is 9.34. The Balaban J connectivity index is 1.69. The Labute approximate surface area is 205 Å². The monoisotopic (exact) mass is 468 g/mol. The topological polar surface area (TPSA) is 74.6 Å². The van der Waals surface area contributed by atoms with Gasteiger partial charge in [-0.2, -0.15) is 0 Å². The van der Waals surface area contributed by atoms with Crippen LogP contribution in [0.2, 0.25) is 0 Å². The van der Waals surface area contributed by atoms with E-state index in [1.807, 2.05) is 12.2 Å². The van der Waals surface area contributed by atoms with Crippen molar-refractivity contribution in [2.24, 2.45) is 50.2 Å². The number of hydrogen-bond donors (Lipinski definition) is 2. The largest absolute Gasteiger partial charge is 0.481 e. The van der Waals surface area contributed by atoms with Crippen molar-refractivity contribution < 1.29 is 19.8 Å². The van der Waals surface area contributed by atoms with Crippen molar-refractivity contribution in [3.63, 3.8) is 0 Å². The van der Waals surface area contributed by atoms with Gasteiger partial charge in [-0.1, -0.05) is 66.2 Å². The van der Waals surface area contributed by atoms with Crippen molar-refractivity contribution in [3.8, 4) is 0 Å². The summed E-state index contributed by atoms with van der Waals surface area (Å²) in [5, 5.41) is 21.8. The van der Waals surface area contributed by atoms with Crippen LogP contribution in [0.25, 0.3) is 0 Å². The van der Waals surface area contributed by atoms with Crippen LogP contribution in [0.3, 0.4) is 0 Å². The summed E-state index contributed by atoms with van der Waals surface area (Å²) in [6, 6.07) is 0. The van der Waals surface area contributed by atoms with Gasteiger partial charge < -0.3 is 10.2 Å². The number of aliphatic carboxylic acids is 1. The van der Waals surface area contributed by atoms with Gasteiger partial charge in [-0.15, -0.1) is 0 Å². The highest BCUT2D eigenvalue weighted by molar-refractivity contribution is 5.96. The lowest BCUT2D eigenvalue weighted by molar-refractivity contribution is -0.191. The predicted molar refractivity (Wildman–Crippen MR) is 133 cm³/mol. The minimum atomic E-state index is -0.784. The third-order valence-electron chi connectivity index (χ3n) is 12.2. The molecule has 0 radical (unpaired) electrons. The number of carbonyl (C=O) groups is 2. The van der Waals surface area contributed by atoms with Crippen molar-refractivity contribution in [2.75, 3.05) is 0 Å². The minimum absolute atomic E-state index is 0.0463. The number of hydrogen-bond acceptors (Lipinski definition) is 3. The number of aliphatic hydroxyl groups is 1. The van der Waals surface area contributed by atoms with Gasteiger partial charge in [0.2, 0.25) is 0 Å². The number of rotatable bonds is 1. The molecule has 0 aliphatic heterocycles. The van der Waals surface area contributed by atoms with E-state index in [1.54, 1.807) is 0 Å². The maximum Gasteiger partial charge on any atom is 0.309 e. The highest BCUT2D eigenvalue weighted by Crippen LogP contribution is 2.74. The maximum atomic E-state index is 14.2. The van der Waals surface area contributed by atoms with Gasteiger partial charge in [0, 0.05) is 11.3 Å². The van der Waals surface area contributed by atoms with Crippen LogP contribution in [0, 0.1) is 50.2 Å². The molecule has 4 nitrogen and oxygen atoms in total. The first-order valence-corrected chi connectivity index (χ1v) is 13.4. The van der Waals surface area contributed by atoms with Gasteiger partial charge in [-0.05, 0) is 84.5 Å². The Bertz CT molecular complexity index is 1000. The Morgan fingerprint density at radius 2 is 1.62 bits per heavy atom. The average molecular weight is 469 g/mol. The second-order valence-corrected chi connectivity index (χ2v) is 14.6. The quantitative estimate of drug-likeness (QED) is 0.450. The molecule has 0 saturated heterocycles. The van der Waals surface area contributed by atoms with E-state index in [-0.39, 0.29) is 45.2 Å². The van der Waals surface area contributed by atoms with Crippen LogP contribution in [-0.2, 0) is 9.59 Å². The number of aliphatic hydroxyl groups excluding tert-OH is 1. The summed E-state index contributed by atoms with van der Waals surface area (Å²) in [6.07, 6.45) is 11.2. The molecule has 3 saturated carbocycles. The van der Waals surface area contributed by atoms with Crippen molar-refractivity contribution in [1.82, 2.24) is 0 Å². The number of fused-ring (bicyclic) bond motifs is 7. The second-order valence-electron chi connectivity index (χ2n) is 14.6. The molecule has 0 amide bonds. The van der Waals surface area contributed by atoms with Crippen LogP contribution < -0.4 is 0 Å². The molecule has 0 bridgehead atoms. The molecule has 8 atom stereocenters. The van der Waals surface area contributed by atoms with E-state index >= 15 is 0 Å². The summed E-state index contributed by atoms with van der Waals surface area (Å²) < 4.78 is 0. The number of carboxylic acids is 1. The van der Waals surface area contributed by atoms with Crippen LogP contribution in [-0.4, -0.2) is 28.1 Å². The van der Waals surface area contributed by atoms with Crippen molar-refractivity contribution in [1.29, 1.82) is 0 Å². The third kappa shape index (κ3) is 2.75. The van der Waals surface area contributed by atoms with Crippen LogP contribution in [0.5, 0.6) is 0 Å². The highest BCUT2D eigenvalue weighted by Gasteiger charge is 2.71. The summed E-state index contributed by atoms with van der Waals surface area (Å²) in [6.45, 7) is 15.8. The molecule has 0 spiro atoms. The minimum Gasteiger partial charge on any atom is -0.481 e. The summed E-state index contributed by atoms with van der Waals surface area (Å²) in [5.74, 6) is -0.719.